The summed E-state index contributed by atoms with van der Waals surface area (Å²) in [6.45, 7) is 3.38. The van der Waals surface area contributed by atoms with Gasteiger partial charge in [-0.3, -0.25) is 14.8 Å². The van der Waals surface area contributed by atoms with E-state index in [0.29, 0.717) is 10.6 Å². The van der Waals surface area contributed by atoms with Crippen LogP contribution in [0.4, 0.5) is 0 Å². The maximum absolute atomic E-state index is 12.3. The highest BCUT2D eigenvalue weighted by molar-refractivity contribution is 5.95. The summed E-state index contributed by atoms with van der Waals surface area (Å²) in [5.41, 5.74) is 3.76. The van der Waals surface area contributed by atoms with Gasteiger partial charge in [-0.1, -0.05) is 43.3 Å². The molecule has 0 bridgehead atoms. The second-order valence-electron chi connectivity index (χ2n) is 6.18. The molecule has 0 saturated carbocycles. The minimum Gasteiger partial charge on any atom is -0.391 e. The van der Waals surface area contributed by atoms with E-state index >= 15 is 0 Å². The largest absolute Gasteiger partial charge is 0.391 e. The molecular formula is C20H24N2O4. The second kappa shape index (κ2) is 9.12. The van der Waals surface area contributed by atoms with Gasteiger partial charge in [-0.2, -0.15) is 0 Å². The zero-order valence-corrected chi connectivity index (χ0v) is 14.9. The number of hydroxylamine groups is 2. The Kier molecular flexibility index (Phi) is 6.89. The first-order valence-electron chi connectivity index (χ1n) is 8.53. The van der Waals surface area contributed by atoms with Crippen LogP contribution >= 0.6 is 0 Å². The Morgan fingerprint density at radius 1 is 1.12 bits per heavy atom. The fraction of sp³-hybridized carbons (Fsp3) is 0.300. The van der Waals surface area contributed by atoms with Crippen molar-refractivity contribution >= 4 is 12.3 Å². The minimum atomic E-state index is -0.926. The molecule has 6 heteroatoms. The minimum absolute atomic E-state index is 0.200. The summed E-state index contributed by atoms with van der Waals surface area (Å²) in [7, 11) is 0. The normalized spacial score (nSPS) is 12.9. The molecule has 0 fully saturated rings. The van der Waals surface area contributed by atoms with Crippen LogP contribution in [0.5, 0.6) is 0 Å². The Labute approximate surface area is 153 Å². The molecule has 0 aromatic heterocycles. The third-order valence-electron chi connectivity index (χ3n) is 4.25. The number of aliphatic hydroxyl groups excluding tert-OH is 1. The molecule has 2 amide bonds. The van der Waals surface area contributed by atoms with Crippen LogP contribution in [-0.2, 0) is 11.2 Å². The molecule has 138 valence electrons. The number of hydrogen-bond donors (Lipinski definition) is 3. The molecule has 0 saturated heterocycles. The van der Waals surface area contributed by atoms with E-state index in [-0.39, 0.29) is 18.9 Å². The van der Waals surface area contributed by atoms with Crippen molar-refractivity contribution in [1.82, 2.24) is 10.4 Å². The molecule has 3 N–H and O–H groups in total. The van der Waals surface area contributed by atoms with Crippen LogP contribution in [0.3, 0.4) is 0 Å². The van der Waals surface area contributed by atoms with Crippen molar-refractivity contribution in [1.29, 1.82) is 0 Å². The second-order valence-corrected chi connectivity index (χ2v) is 6.18. The lowest BCUT2D eigenvalue weighted by molar-refractivity contribution is -0.152. The highest BCUT2D eigenvalue weighted by Crippen LogP contribution is 2.20. The Morgan fingerprint density at radius 2 is 1.65 bits per heavy atom. The molecule has 0 spiro atoms. The molecule has 2 aromatic carbocycles. The molecule has 2 atom stereocenters. The molecule has 0 unspecified atom stereocenters. The predicted octanol–water partition coefficient (Wildman–Crippen LogP) is 2.24. The molecule has 0 aliphatic carbocycles. The Bertz CT molecular complexity index is 726. The quantitative estimate of drug-likeness (QED) is 0.384. The van der Waals surface area contributed by atoms with Gasteiger partial charge in [0, 0.05) is 5.56 Å². The fourth-order valence-electron chi connectivity index (χ4n) is 2.56. The van der Waals surface area contributed by atoms with Crippen molar-refractivity contribution in [3.8, 4) is 11.1 Å². The monoisotopic (exact) mass is 356 g/mol. The van der Waals surface area contributed by atoms with Gasteiger partial charge in [0.15, 0.2) is 0 Å². The van der Waals surface area contributed by atoms with E-state index in [9.17, 15) is 19.9 Å². The van der Waals surface area contributed by atoms with Crippen LogP contribution in [0.1, 0.15) is 29.8 Å². The molecule has 2 aromatic rings. The lowest BCUT2D eigenvalue weighted by atomic mass is 10.0. The summed E-state index contributed by atoms with van der Waals surface area (Å²) >= 11 is 0. The molecule has 0 aliphatic rings. The number of nitrogens with one attached hydrogen (secondary N) is 1. The number of hydrogen-bond acceptors (Lipinski definition) is 4. The summed E-state index contributed by atoms with van der Waals surface area (Å²) in [4.78, 5) is 22.9. The van der Waals surface area contributed by atoms with Crippen molar-refractivity contribution < 1.29 is 19.9 Å². The smallest absolute Gasteiger partial charge is 0.251 e. The van der Waals surface area contributed by atoms with E-state index < -0.39 is 12.1 Å². The number of aliphatic hydroxyl groups is 1. The third-order valence-corrected chi connectivity index (χ3v) is 4.25. The number of benzene rings is 2. The zero-order chi connectivity index (χ0) is 19.1. The number of rotatable bonds is 8. The molecule has 0 heterocycles. The first-order chi connectivity index (χ1) is 12.4. The maximum Gasteiger partial charge on any atom is 0.251 e. The Balaban J connectivity index is 2.08. The van der Waals surface area contributed by atoms with Gasteiger partial charge < -0.3 is 10.4 Å². The maximum atomic E-state index is 12.3. The SMILES string of the molecule is CCc1ccc(-c2ccc(C(=O)N[C@H](CN(O)C=O)[C@@H](C)O)cc2)cc1. The first kappa shape index (κ1) is 19.6. The number of nitrogens with zero attached hydrogens (tertiary/aromatic N) is 1. The number of carbonyl (C=O) groups is 2. The van der Waals surface area contributed by atoms with Crippen LogP contribution in [0.15, 0.2) is 48.5 Å². The van der Waals surface area contributed by atoms with Crippen molar-refractivity contribution in [2.45, 2.75) is 32.4 Å². The Morgan fingerprint density at radius 3 is 2.12 bits per heavy atom. The summed E-state index contributed by atoms with van der Waals surface area (Å²) < 4.78 is 0. The van der Waals surface area contributed by atoms with Crippen LogP contribution in [-0.4, -0.2) is 46.4 Å². The van der Waals surface area contributed by atoms with E-state index in [2.05, 4.69) is 24.4 Å². The first-order valence-corrected chi connectivity index (χ1v) is 8.53. The van der Waals surface area contributed by atoms with Crippen LogP contribution < -0.4 is 5.32 Å². The van der Waals surface area contributed by atoms with Gasteiger partial charge in [0.05, 0.1) is 18.7 Å². The van der Waals surface area contributed by atoms with E-state index in [1.807, 2.05) is 24.3 Å². The summed E-state index contributed by atoms with van der Waals surface area (Å²) in [5.74, 6) is -0.386. The van der Waals surface area contributed by atoms with Crippen molar-refractivity contribution in [2.75, 3.05) is 6.54 Å². The van der Waals surface area contributed by atoms with Crippen LogP contribution in [0, 0.1) is 0 Å². The summed E-state index contributed by atoms with van der Waals surface area (Å²) in [6.07, 6.45) is 0.282. The van der Waals surface area contributed by atoms with E-state index in [4.69, 9.17) is 0 Å². The van der Waals surface area contributed by atoms with Crippen molar-refractivity contribution in [2.24, 2.45) is 0 Å². The van der Waals surface area contributed by atoms with Gasteiger partial charge in [-0.15, -0.1) is 0 Å². The van der Waals surface area contributed by atoms with Gasteiger partial charge >= 0.3 is 0 Å². The van der Waals surface area contributed by atoms with Crippen LogP contribution in [0.25, 0.3) is 11.1 Å². The molecule has 0 aliphatic heterocycles. The molecule has 6 nitrogen and oxygen atoms in total. The number of amides is 2. The average Bonchev–Trinajstić information content (AvgIpc) is 2.67. The topological polar surface area (TPSA) is 89.9 Å². The van der Waals surface area contributed by atoms with Gasteiger partial charge in [0.1, 0.15) is 0 Å². The van der Waals surface area contributed by atoms with E-state index in [1.54, 1.807) is 12.1 Å². The van der Waals surface area contributed by atoms with Gasteiger partial charge in [-0.05, 0) is 42.2 Å². The van der Waals surface area contributed by atoms with Gasteiger partial charge in [0.25, 0.3) is 5.91 Å². The summed E-state index contributed by atoms with van der Waals surface area (Å²) in [5, 5.41) is 22.0. The molecule has 2 rings (SSSR count). The van der Waals surface area contributed by atoms with Crippen molar-refractivity contribution in [3.05, 3.63) is 59.7 Å². The van der Waals surface area contributed by atoms with E-state index in [0.717, 1.165) is 17.5 Å². The van der Waals surface area contributed by atoms with Gasteiger partial charge in [-0.25, -0.2) is 5.06 Å². The fourth-order valence-corrected chi connectivity index (χ4v) is 2.56. The predicted molar refractivity (Wildman–Crippen MR) is 98.7 cm³/mol. The highest BCUT2D eigenvalue weighted by Gasteiger charge is 2.20. The lowest BCUT2D eigenvalue weighted by Crippen LogP contribution is -2.48. The highest BCUT2D eigenvalue weighted by atomic mass is 16.5. The van der Waals surface area contributed by atoms with Gasteiger partial charge in [0.2, 0.25) is 6.41 Å². The third kappa shape index (κ3) is 5.15. The zero-order valence-electron chi connectivity index (χ0n) is 14.9. The molecular weight excluding hydrogens is 332 g/mol. The number of aryl methyl sites for hydroxylation is 1. The lowest BCUT2D eigenvalue weighted by Gasteiger charge is -2.23. The molecule has 26 heavy (non-hydrogen) atoms. The van der Waals surface area contributed by atoms with E-state index in [1.165, 1.54) is 12.5 Å². The molecule has 0 radical (unpaired) electrons. The van der Waals surface area contributed by atoms with Crippen LogP contribution in [0.2, 0.25) is 0 Å². The number of carbonyl (C=O) groups excluding carboxylic acids is 2. The summed E-state index contributed by atoms with van der Waals surface area (Å²) in [6, 6.07) is 14.6. The Hall–Kier alpha value is -2.70. The average molecular weight is 356 g/mol. The van der Waals surface area contributed by atoms with Crippen molar-refractivity contribution in [3.63, 3.8) is 0 Å². The standard InChI is InChI=1S/C20H24N2O4/c1-3-15-4-6-16(7-5-15)17-8-10-18(11-9-17)20(25)21-19(14(2)24)12-22(26)13-23/h4-11,13-14,19,24,26H,3,12H2,1-2H3,(H,21,25)/t14-,19-/m1/s1.